The average molecular weight is 222 g/mol. The van der Waals surface area contributed by atoms with Crippen LogP contribution in [0.5, 0.6) is 5.75 Å². The number of carboxylic acid groups (broad SMARTS) is 2. The highest BCUT2D eigenvalue weighted by Gasteiger charge is 2.24. The number of aromatic carboxylic acids is 2. The number of carboxylic acids is 2. The molecule has 0 radical (unpaired) electrons. The molecule has 5 heteroatoms. The molecule has 1 aromatic rings. The third-order valence-electron chi connectivity index (χ3n) is 2.25. The number of hydrogen-bond donors (Lipinski definition) is 3. The Morgan fingerprint density at radius 1 is 1.25 bits per heavy atom. The van der Waals surface area contributed by atoms with Crippen LogP contribution in [0.4, 0.5) is 0 Å². The van der Waals surface area contributed by atoms with Crippen molar-refractivity contribution in [3.63, 3.8) is 0 Å². The molecule has 1 aromatic carbocycles. The van der Waals surface area contributed by atoms with Crippen LogP contribution in [-0.4, -0.2) is 27.3 Å². The average Bonchev–Trinajstić information content (AvgIpc) is 2.19. The number of benzene rings is 1. The molecule has 0 saturated carbocycles. The Kier molecular flexibility index (Phi) is 2.99. The van der Waals surface area contributed by atoms with Crippen LogP contribution in [0.3, 0.4) is 0 Å². The number of hydrogen-bond acceptors (Lipinski definition) is 3. The molecule has 3 N–H and O–H groups in total. The summed E-state index contributed by atoms with van der Waals surface area (Å²) < 4.78 is 0. The molecule has 16 heavy (non-hydrogen) atoms. The van der Waals surface area contributed by atoms with E-state index in [1.54, 1.807) is 0 Å². The first-order chi connectivity index (χ1) is 7.40. The lowest BCUT2D eigenvalue weighted by atomic mass is 9.96. The summed E-state index contributed by atoms with van der Waals surface area (Å²) in [7, 11) is 0. The third kappa shape index (κ3) is 1.75. The summed E-state index contributed by atoms with van der Waals surface area (Å²) in [5.74, 6) is -3.45. The Morgan fingerprint density at radius 2 is 1.75 bits per heavy atom. The lowest BCUT2D eigenvalue weighted by molar-refractivity contribution is 0.0647. The predicted octanol–water partition coefficient (Wildman–Crippen LogP) is 1.74. The van der Waals surface area contributed by atoms with Crippen LogP contribution in [0.25, 0.3) is 6.08 Å². The van der Waals surface area contributed by atoms with Crippen molar-refractivity contribution in [1.29, 1.82) is 0 Å². The molecule has 0 heterocycles. The summed E-state index contributed by atoms with van der Waals surface area (Å²) in [5, 5.41) is 27.2. The minimum Gasteiger partial charge on any atom is -0.507 e. The quantitative estimate of drug-likeness (QED) is 0.724. The van der Waals surface area contributed by atoms with Gasteiger partial charge in [-0.25, -0.2) is 9.59 Å². The van der Waals surface area contributed by atoms with Gasteiger partial charge in [-0.05, 0) is 24.1 Å². The van der Waals surface area contributed by atoms with E-state index in [2.05, 4.69) is 6.58 Å². The first-order valence-electron chi connectivity index (χ1n) is 4.35. The van der Waals surface area contributed by atoms with Gasteiger partial charge in [0.15, 0.2) is 0 Å². The first-order valence-corrected chi connectivity index (χ1v) is 4.35. The summed E-state index contributed by atoms with van der Waals surface area (Å²) in [6.45, 7) is 4.92. The van der Waals surface area contributed by atoms with Crippen LogP contribution in [0.1, 0.15) is 31.8 Å². The van der Waals surface area contributed by atoms with Crippen LogP contribution in [-0.2, 0) is 0 Å². The fraction of sp³-hybridized carbons (Fsp3) is 0.0909. The van der Waals surface area contributed by atoms with E-state index in [4.69, 9.17) is 10.2 Å². The second kappa shape index (κ2) is 4.06. The molecule has 0 atom stereocenters. The SMILES string of the molecule is C=Cc1cc(O)c(C(=O)O)c(C(=O)O)c1C. The molecule has 0 amide bonds. The molecule has 0 saturated heterocycles. The Balaban J connectivity index is 3.75. The highest BCUT2D eigenvalue weighted by Crippen LogP contribution is 2.28. The maximum absolute atomic E-state index is 11.0. The Hall–Kier alpha value is -2.30. The molecular formula is C11H10O5. The van der Waals surface area contributed by atoms with Crippen molar-refractivity contribution in [2.45, 2.75) is 6.92 Å². The zero-order valence-electron chi connectivity index (χ0n) is 8.52. The van der Waals surface area contributed by atoms with Crippen molar-refractivity contribution in [2.75, 3.05) is 0 Å². The van der Waals surface area contributed by atoms with Gasteiger partial charge in [0.1, 0.15) is 11.3 Å². The van der Waals surface area contributed by atoms with Gasteiger partial charge in [0.05, 0.1) is 5.56 Å². The normalized spacial score (nSPS) is 9.81. The first kappa shape index (κ1) is 11.8. The number of aromatic hydroxyl groups is 1. The molecule has 0 spiro atoms. The van der Waals surface area contributed by atoms with Crippen LogP contribution >= 0.6 is 0 Å². The Morgan fingerprint density at radius 3 is 2.12 bits per heavy atom. The van der Waals surface area contributed by atoms with Crippen LogP contribution in [0.15, 0.2) is 12.6 Å². The Bertz CT molecular complexity index is 488. The fourth-order valence-electron chi connectivity index (χ4n) is 1.48. The van der Waals surface area contributed by atoms with E-state index < -0.39 is 28.8 Å². The molecule has 0 aromatic heterocycles. The van der Waals surface area contributed by atoms with E-state index in [1.165, 1.54) is 19.1 Å². The molecule has 84 valence electrons. The zero-order chi connectivity index (χ0) is 12.5. The van der Waals surface area contributed by atoms with E-state index in [0.717, 1.165) is 0 Å². The van der Waals surface area contributed by atoms with Gasteiger partial charge < -0.3 is 15.3 Å². The highest BCUT2D eigenvalue weighted by atomic mass is 16.4. The van der Waals surface area contributed by atoms with Crippen molar-refractivity contribution in [2.24, 2.45) is 0 Å². The van der Waals surface area contributed by atoms with Gasteiger partial charge in [0.25, 0.3) is 0 Å². The number of phenols is 1. The largest absolute Gasteiger partial charge is 0.507 e. The van der Waals surface area contributed by atoms with Gasteiger partial charge in [-0.3, -0.25) is 0 Å². The molecular weight excluding hydrogens is 212 g/mol. The van der Waals surface area contributed by atoms with Crippen molar-refractivity contribution in [3.05, 3.63) is 34.9 Å². The van der Waals surface area contributed by atoms with Gasteiger partial charge in [-0.1, -0.05) is 12.7 Å². The van der Waals surface area contributed by atoms with E-state index in [1.807, 2.05) is 0 Å². The predicted molar refractivity (Wildman–Crippen MR) is 56.9 cm³/mol. The van der Waals surface area contributed by atoms with Crippen molar-refractivity contribution < 1.29 is 24.9 Å². The number of carbonyl (C=O) groups is 2. The van der Waals surface area contributed by atoms with Crippen LogP contribution in [0.2, 0.25) is 0 Å². The van der Waals surface area contributed by atoms with E-state index in [-0.39, 0.29) is 5.56 Å². The zero-order valence-corrected chi connectivity index (χ0v) is 8.52. The van der Waals surface area contributed by atoms with Gasteiger partial charge in [-0.15, -0.1) is 0 Å². The van der Waals surface area contributed by atoms with Gasteiger partial charge in [0.2, 0.25) is 0 Å². The summed E-state index contributed by atoms with van der Waals surface area (Å²) in [4.78, 5) is 21.8. The highest BCUT2D eigenvalue weighted by molar-refractivity contribution is 6.05. The van der Waals surface area contributed by atoms with Crippen molar-refractivity contribution >= 4 is 18.0 Å². The summed E-state index contributed by atoms with van der Waals surface area (Å²) in [6, 6.07) is 1.18. The van der Waals surface area contributed by atoms with Gasteiger partial charge in [0, 0.05) is 0 Å². The fourth-order valence-corrected chi connectivity index (χ4v) is 1.48. The molecule has 0 unspecified atom stereocenters. The molecule has 0 aliphatic rings. The number of rotatable bonds is 3. The maximum atomic E-state index is 11.0. The standard InChI is InChI=1S/C11H10O5/c1-3-6-4-7(12)9(11(15)16)8(5(6)2)10(13)14/h3-4,12H,1H2,2H3,(H,13,14)(H,15,16). The molecule has 5 nitrogen and oxygen atoms in total. The molecule has 0 aliphatic carbocycles. The minimum atomic E-state index is -1.48. The molecule has 1 rings (SSSR count). The second-order valence-electron chi connectivity index (χ2n) is 3.17. The van der Waals surface area contributed by atoms with Crippen LogP contribution < -0.4 is 0 Å². The van der Waals surface area contributed by atoms with Crippen molar-refractivity contribution in [3.8, 4) is 5.75 Å². The second-order valence-corrected chi connectivity index (χ2v) is 3.17. The maximum Gasteiger partial charge on any atom is 0.340 e. The minimum absolute atomic E-state index is 0.262. The van der Waals surface area contributed by atoms with E-state index >= 15 is 0 Å². The van der Waals surface area contributed by atoms with Crippen molar-refractivity contribution in [1.82, 2.24) is 0 Å². The van der Waals surface area contributed by atoms with Crippen LogP contribution in [0, 0.1) is 6.92 Å². The topological polar surface area (TPSA) is 94.8 Å². The molecule has 0 fully saturated rings. The third-order valence-corrected chi connectivity index (χ3v) is 2.25. The van der Waals surface area contributed by atoms with Gasteiger partial charge in [-0.2, -0.15) is 0 Å². The van der Waals surface area contributed by atoms with Gasteiger partial charge >= 0.3 is 11.9 Å². The molecule has 0 bridgehead atoms. The lowest BCUT2D eigenvalue weighted by Crippen LogP contribution is -2.11. The monoisotopic (exact) mass is 222 g/mol. The Labute approximate surface area is 91.3 Å². The summed E-state index contributed by atoms with van der Waals surface area (Å²) >= 11 is 0. The smallest absolute Gasteiger partial charge is 0.340 e. The van der Waals surface area contributed by atoms with E-state index in [0.29, 0.717) is 5.56 Å². The van der Waals surface area contributed by atoms with E-state index in [9.17, 15) is 14.7 Å². The molecule has 0 aliphatic heterocycles. The lowest BCUT2D eigenvalue weighted by Gasteiger charge is -2.10. The summed E-state index contributed by atoms with van der Waals surface area (Å²) in [6.07, 6.45) is 1.35. The summed E-state index contributed by atoms with van der Waals surface area (Å²) in [5.41, 5.74) is -0.365.